The van der Waals surface area contributed by atoms with E-state index in [2.05, 4.69) is 58.0 Å². The maximum Gasteiger partial charge on any atom is 0.0121 e. The predicted octanol–water partition coefficient (Wildman–Crippen LogP) is 5.04. The van der Waals surface area contributed by atoms with Crippen molar-refractivity contribution in [3.8, 4) is 0 Å². The Bertz CT molecular complexity index is 447. The molecule has 0 radical (unpaired) electrons. The van der Waals surface area contributed by atoms with Crippen LogP contribution in [0.25, 0.3) is 0 Å². The molecular weight excluding hydrogens is 254 g/mol. The third-order valence-corrected chi connectivity index (χ3v) is 5.24. The molecule has 1 aliphatic carbocycles. The van der Waals surface area contributed by atoms with Crippen LogP contribution in [0.3, 0.4) is 0 Å². The molecular formula is C20H33N. The normalized spacial score (nSPS) is 23.0. The van der Waals surface area contributed by atoms with Gasteiger partial charge in [-0.15, -0.1) is 0 Å². The van der Waals surface area contributed by atoms with Gasteiger partial charge >= 0.3 is 0 Å². The van der Waals surface area contributed by atoms with Crippen molar-refractivity contribution in [1.29, 1.82) is 0 Å². The van der Waals surface area contributed by atoms with Gasteiger partial charge in [-0.05, 0) is 68.3 Å². The molecule has 0 spiro atoms. The SMILES string of the molecule is CCc1cc(CC2CCCCC2N(C)C)ccc1C(C)C. The van der Waals surface area contributed by atoms with Crippen molar-refractivity contribution >= 4 is 0 Å². The number of aryl methyl sites for hydroxylation is 1. The lowest BCUT2D eigenvalue weighted by molar-refractivity contribution is 0.155. The van der Waals surface area contributed by atoms with Gasteiger partial charge in [-0.25, -0.2) is 0 Å². The summed E-state index contributed by atoms with van der Waals surface area (Å²) in [5.41, 5.74) is 4.64. The fraction of sp³-hybridized carbons (Fsp3) is 0.700. The molecule has 1 aromatic rings. The van der Waals surface area contributed by atoms with E-state index in [4.69, 9.17) is 0 Å². The van der Waals surface area contributed by atoms with Crippen LogP contribution in [0.4, 0.5) is 0 Å². The molecule has 21 heavy (non-hydrogen) atoms. The smallest absolute Gasteiger partial charge is 0.0121 e. The summed E-state index contributed by atoms with van der Waals surface area (Å²) in [6.45, 7) is 6.89. The van der Waals surface area contributed by atoms with Crippen LogP contribution in [0.2, 0.25) is 0 Å². The van der Waals surface area contributed by atoms with E-state index in [9.17, 15) is 0 Å². The van der Waals surface area contributed by atoms with Gasteiger partial charge in [0.25, 0.3) is 0 Å². The van der Waals surface area contributed by atoms with Gasteiger partial charge in [0.2, 0.25) is 0 Å². The molecule has 0 saturated heterocycles. The number of hydrogen-bond donors (Lipinski definition) is 0. The Morgan fingerprint density at radius 1 is 1.14 bits per heavy atom. The highest BCUT2D eigenvalue weighted by atomic mass is 15.1. The zero-order valence-corrected chi connectivity index (χ0v) is 14.7. The van der Waals surface area contributed by atoms with Gasteiger partial charge in [0, 0.05) is 6.04 Å². The first-order chi connectivity index (χ1) is 10.0. The monoisotopic (exact) mass is 287 g/mol. The first-order valence-electron chi connectivity index (χ1n) is 8.81. The second-order valence-electron chi connectivity index (χ2n) is 7.32. The average Bonchev–Trinajstić information content (AvgIpc) is 2.47. The van der Waals surface area contributed by atoms with E-state index in [1.165, 1.54) is 37.7 Å². The Morgan fingerprint density at radius 3 is 2.48 bits per heavy atom. The van der Waals surface area contributed by atoms with Crippen LogP contribution < -0.4 is 0 Å². The highest BCUT2D eigenvalue weighted by Crippen LogP contribution is 2.31. The molecule has 0 bridgehead atoms. The third-order valence-electron chi connectivity index (χ3n) is 5.24. The van der Waals surface area contributed by atoms with E-state index in [0.29, 0.717) is 5.92 Å². The highest BCUT2D eigenvalue weighted by Gasteiger charge is 2.26. The molecule has 0 amide bonds. The van der Waals surface area contributed by atoms with E-state index in [1.807, 2.05) is 0 Å². The Morgan fingerprint density at radius 2 is 1.86 bits per heavy atom. The second kappa shape index (κ2) is 7.45. The van der Waals surface area contributed by atoms with E-state index in [0.717, 1.165) is 18.4 Å². The summed E-state index contributed by atoms with van der Waals surface area (Å²) in [5, 5.41) is 0. The zero-order valence-electron chi connectivity index (χ0n) is 14.7. The van der Waals surface area contributed by atoms with Crippen molar-refractivity contribution in [2.24, 2.45) is 5.92 Å². The fourth-order valence-corrected chi connectivity index (χ4v) is 4.06. The minimum absolute atomic E-state index is 0.637. The van der Waals surface area contributed by atoms with Crippen LogP contribution >= 0.6 is 0 Å². The summed E-state index contributed by atoms with van der Waals surface area (Å²) in [5.74, 6) is 1.47. The summed E-state index contributed by atoms with van der Waals surface area (Å²) in [6.07, 6.45) is 8.02. The van der Waals surface area contributed by atoms with Gasteiger partial charge in [-0.2, -0.15) is 0 Å². The number of hydrogen-bond acceptors (Lipinski definition) is 1. The highest BCUT2D eigenvalue weighted by molar-refractivity contribution is 5.34. The largest absolute Gasteiger partial charge is 0.306 e. The molecule has 0 N–H and O–H groups in total. The van der Waals surface area contributed by atoms with Gasteiger partial charge < -0.3 is 4.90 Å². The topological polar surface area (TPSA) is 3.24 Å². The lowest BCUT2D eigenvalue weighted by Gasteiger charge is -2.36. The maximum atomic E-state index is 2.48. The Hall–Kier alpha value is -0.820. The van der Waals surface area contributed by atoms with E-state index in [1.54, 1.807) is 11.1 Å². The van der Waals surface area contributed by atoms with Crippen LogP contribution in [0.15, 0.2) is 18.2 Å². The maximum absolute atomic E-state index is 2.48. The van der Waals surface area contributed by atoms with Crippen molar-refractivity contribution in [3.63, 3.8) is 0 Å². The molecule has 2 unspecified atom stereocenters. The summed E-state index contributed by atoms with van der Waals surface area (Å²) in [7, 11) is 4.50. The Labute approximate surface area is 131 Å². The Balaban J connectivity index is 2.14. The first-order valence-corrected chi connectivity index (χ1v) is 8.81. The van der Waals surface area contributed by atoms with Crippen LogP contribution in [0.5, 0.6) is 0 Å². The quantitative estimate of drug-likeness (QED) is 0.733. The lowest BCUT2D eigenvalue weighted by Crippen LogP contribution is -2.38. The predicted molar refractivity (Wildman–Crippen MR) is 93.0 cm³/mol. The lowest BCUT2D eigenvalue weighted by atomic mass is 9.79. The summed E-state index contributed by atoms with van der Waals surface area (Å²) in [6, 6.07) is 8.02. The molecule has 0 aromatic heterocycles. The van der Waals surface area contributed by atoms with Crippen LogP contribution in [-0.4, -0.2) is 25.0 Å². The average molecular weight is 287 g/mol. The zero-order chi connectivity index (χ0) is 15.4. The minimum atomic E-state index is 0.637. The van der Waals surface area contributed by atoms with Crippen molar-refractivity contribution in [2.45, 2.75) is 71.3 Å². The minimum Gasteiger partial charge on any atom is -0.306 e. The van der Waals surface area contributed by atoms with Crippen LogP contribution in [0.1, 0.15) is 69.1 Å². The molecule has 118 valence electrons. The van der Waals surface area contributed by atoms with Gasteiger partial charge in [-0.3, -0.25) is 0 Å². The molecule has 1 heteroatoms. The standard InChI is InChI=1S/C20H33N/c1-6-17-13-16(11-12-19(17)15(2)3)14-18-9-7-8-10-20(18)21(4)5/h11-13,15,18,20H,6-10,14H2,1-5H3. The fourth-order valence-electron chi connectivity index (χ4n) is 4.06. The molecule has 1 aliphatic rings. The number of rotatable bonds is 5. The molecule has 1 nitrogen and oxygen atoms in total. The van der Waals surface area contributed by atoms with Crippen LogP contribution in [-0.2, 0) is 12.8 Å². The van der Waals surface area contributed by atoms with Crippen molar-refractivity contribution < 1.29 is 0 Å². The Kier molecular flexibility index (Phi) is 5.87. The number of nitrogens with zero attached hydrogens (tertiary/aromatic N) is 1. The van der Waals surface area contributed by atoms with Gasteiger partial charge in [0.15, 0.2) is 0 Å². The van der Waals surface area contributed by atoms with Gasteiger partial charge in [0.05, 0.1) is 0 Å². The van der Waals surface area contributed by atoms with Gasteiger partial charge in [0.1, 0.15) is 0 Å². The summed E-state index contributed by atoms with van der Waals surface area (Å²) in [4.78, 5) is 2.45. The third kappa shape index (κ3) is 4.10. The first kappa shape index (κ1) is 16.5. The van der Waals surface area contributed by atoms with E-state index in [-0.39, 0.29) is 0 Å². The molecule has 0 heterocycles. The van der Waals surface area contributed by atoms with Crippen LogP contribution in [0, 0.1) is 5.92 Å². The van der Waals surface area contributed by atoms with Gasteiger partial charge in [-0.1, -0.05) is 51.8 Å². The van der Waals surface area contributed by atoms with E-state index < -0.39 is 0 Å². The van der Waals surface area contributed by atoms with Crippen molar-refractivity contribution in [2.75, 3.05) is 14.1 Å². The molecule has 1 fully saturated rings. The van der Waals surface area contributed by atoms with Crippen molar-refractivity contribution in [1.82, 2.24) is 4.90 Å². The molecule has 2 atom stereocenters. The number of benzene rings is 1. The molecule has 2 rings (SSSR count). The molecule has 0 aliphatic heterocycles. The molecule has 1 aromatic carbocycles. The summed E-state index contributed by atoms with van der Waals surface area (Å²) < 4.78 is 0. The summed E-state index contributed by atoms with van der Waals surface area (Å²) >= 11 is 0. The molecule has 1 saturated carbocycles. The second-order valence-corrected chi connectivity index (χ2v) is 7.32. The van der Waals surface area contributed by atoms with Crippen molar-refractivity contribution in [3.05, 3.63) is 34.9 Å². The van der Waals surface area contributed by atoms with E-state index >= 15 is 0 Å².